The summed E-state index contributed by atoms with van der Waals surface area (Å²) in [5, 5.41) is 10.1. The highest BCUT2D eigenvalue weighted by molar-refractivity contribution is 7.98. The maximum atomic E-state index is 6.03. The first kappa shape index (κ1) is 16.2. The molecule has 0 fully saturated rings. The van der Waals surface area contributed by atoms with E-state index in [9.17, 15) is 0 Å². The Hall–Kier alpha value is -2.31. The van der Waals surface area contributed by atoms with E-state index >= 15 is 0 Å². The van der Waals surface area contributed by atoms with Crippen molar-refractivity contribution in [2.24, 2.45) is 0 Å². The SMILES string of the molecule is Cc1nnc(SCc2cn3cc(Cl)ccc3n2)n1Cc1ccccc1. The van der Waals surface area contributed by atoms with Crippen LogP contribution in [0, 0.1) is 6.92 Å². The van der Waals surface area contributed by atoms with Gasteiger partial charge in [-0.15, -0.1) is 10.2 Å². The van der Waals surface area contributed by atoms with Crippen molar-refractivity contribution in [3.05, 3.63) is 77.0 Å². The highest BCUT2D eigenvalue weighted by Gasteiger charge is 2.11. The molecule has 0 amide bonds. The number of hydrogen-bond donors (Lipinski definition) is 0. The number of benzene rings is 1. The van der Waals surface area contributed by atoms with Crippen LogP contribution < -0.4 is 0 Å². The molecular formula is C18H16ClN5S. The lowest BCUT2D eigenvalue weighted by molar-refractivity contribution is 0.688. The van der Waals surface area contributed by atoms with Gasteiger partial charge in [0, 0.05) is 18.1 Å². The molecule has 4 aromatic rings. The molecule has 3 aromatic heterocycles. The molecule has 0 spiro atoms. The molecule has 0 aliphatic carbocycles. The van der Waals surface area contributed by atoms with Gasteiger partial charge in [-0.25, -0.2) is 4.98 Å². The number of halogens is 1. The molecule has 7 heteroatoms. The van der Waals surface area contributed by atoms with Gasteiger partial charge in [0.05, 0.1) is 17.3 Å². The Morgan fingerprint density at radius 2 is 1.88 bits per heavy atom. The van der Waals surface area contributed by atoms with Crippen molar-refractivity contribution in [3.63, 3.8) is 0 Å². The monoisotopic (exact) mass is 369 g/mol. The Bertz CT molecular complexity index is 1010. The number of hydrogen-bond acceptors (Lipinski definition) is 4. The van der Waals surface area contributed by atoms with Crippen LogP contribution in [-0.4, -0.2) is 24.1 Å². The molecule has 0 bridgehead atoms. The molecule has 0 radical (unpaired) electrons. The second-order valence-electron chi connectivity index (χ2n) is 5.74. The quantitative estimate of drug-likeness (QED) is 0.494. The summed E-state index contributed by atoms with van der Waals surface area (Å²) in [5.74, 6) is 1.64. The van der Waals surface area contributed by atoms with Crippen LogP contribution in [0.25, 0.3) is 5.65 Å². The van der Waals surface area contributed by atoms with Gasteiger partial charge in [0.1, 0.15) is 11.5 Å². The molecule has 4 rings (SSSR count). The summed E-state index contributed by atoms with van der Waals surface area (Å²) < 4.78 is 4.07. The van der Waals surface area contributed by atoms with Crippen molar-refractivity contribution >= 4 is 29.0 Å². The van der Waals surface area contributed by atoms with E-state index < -0.39 is 0 Å². The van der Waals surface area contributed by atoms with Crippen LogP contribution in [0.3, 0.4) is 0 Å². The lowest BCUT2D eigenvalue weighted by atomic mass is 10.2. The van der Waals surface area contributed by atoms with E-state index in [1.807, 2.05) is 54.0 Å². The minimum atomic E-state index is 0.697. The van der Waals surface area contributed by atoms with Crippen LogP contribution in [0.2, 0.25) is 5.02 Å². The summed E-state index contributed by atoms with van der Waals surface area (Å²) in [6.45, 7) is 2.75. The molecule has 0 saturated carbocycles. The Labute approximate surface area is 154 Å². The van der Waals surface area contributed by atoms with E-state index in [1.54, 1.807) is 11.8 Å². The first-order valence-corrected chi connectivity index (χ1v) is 9.25. The maximum absolute atomic E-state index is 6.03. The van der Waals surface area contributed by atoms with Crippen LogP contribution in [0.1, 0.15) is 17.1 Å². The van der Waals surface area contributed by atoms with E-state index in [4.69, 9.17) is 11.6 Å². The third-order valence-electron chi connectivity index (χ3n) is 3.90. The number of aromatic nitrogens is 5. The van der Waals surface area contributed by atoms with E-state index in [1.165, 1.54) is 5.56 Å². The average molecular weight is 370 g/mol. The van der Waals surface area contributed by atoms with Crippen molar-refractivity contribution in [2.75, 3.05) is 0 Å². The van der Waals surface area contributed by atoms with Crippen LogP contribution in [-0.2, 0) is 12.3 Å². The number of fused-ring (bicyclic) bond motifs is 1. The summed E-state index contributed by atoms with van der Waals surface area (Å²) in [5.41, 5.74) is 3.11. The van der Waals surface area contributed by atoms with Crippen LogP contribution in [0.4, 0.5) is 0 Å². The van der Waals surface area contributed by atoms with Gasteiger partial charge in [0.15, 0.2) is 5.16 Å². The molecule has 0 N–H and O–H groups in total. The lowest BCUT2D eigenvalue weighted by Gasteiger charge is -2.07. The largest absolute Gasteiger partial charge is 0.305 e. The van der Waals surface area contributed by atoms with Crippen molar-refractivity contribution in [1.29, 1.82) is 0 Å². The first-order chi connectivity index (χ1) is 12.2. The van der Waals surface area contributed by atoms with Crippen molar-refractivity contribution in [2.45, 2.75) is 24.4 Å². The number of pyridine rings is 1. The van der Waals surface area contributed by atoms with Crippen molar-refractivity contribution in [3.8, 4) is 0 Å². The fourth-order valence-corrected chi connectivity index (χ4v) is 3.68. The first-order valence-electron chi connectivity index (χ1n) is 7.89. The molecule has 0 aliphatic rings. The van der Waals surface area contributed by atoms with E-state index in [-0.39, 0.29) is 0 Å². The third-order valence-corrected chi connectivity index (χ3v) is 5.12. The Morgan fingerprint density at radius 3 is 2.72 bits per heavy atom. The minimum Gasteiger partial charge on any atom is -0.305 e. The molecule has 0 unspecified atom stereocenters. The van der Waals surface area contributed by atoms with Crippen LogP contribution in [0.15, 0.2) is 60.0 Å². The highest BCUT2D eigenvalue weighted by atomic mass is 35.5. The van der Waals surface area contributed by atoms with Gasteiger partial charge in [-0.1, -0.05) is 53.7 Å². The van der Waals surface area contributed by atoms with Gasteiger partial charge in [-0.3, -0.25) is 0 Å². The molecule has 3 heterocycles. The zero-order valence-electron chi connectivity index (χ0n) is 13.6. The molecule has 0 saturated heterocycles. The molecular weight excluding hydrogens is 354 g/mol. The zero-order chi connectivity index (χ0) is 17.2. The maximum Gasteiger partial charge on any atom is 0.191 e. The van der Waals surface area contributed by atoms with Crippen molar-refractivity contribution in [1.82, 2.24) is 24.1 Å². The molecule has 25 heavy (non-hydrogen) atoms. The fourth-order valence-electron chi connectivity index (χ4n) is 2.64. The standard InChI is InChI=1S/C18H16ClN5S/c1-13-21-22-18(24(13)9-14-5-3-2-4-6-14)25-12-16-11-23-10-15(19)7-8-17(23)20-16/h2-8,10-11H,9,12H2,1H3. The van der Waals surface area contributed by atoms with Gasteiger partial charge in [-0.2, -0.15) is 0 Å². The van der Waals surface area contributed by atoms with Gasteiger partial charge in [-0.05, 0) is 24.6 Å². The normalized spacial score (nSPS) is 11.3. The molecule has 0 atom stereocenters. The Kier molecular flexibility index (Phi) is 4.46. The minimum absolute atomic E-state index is 0.697. The second kappa shape index (κ2) is 6.90. The number of nitrogens with zero attached hydrogens (tertiary/aromatic N) is 5. The van der Waals surface area contributed by atoms with Crippen LogP contribution in [0.5, 0.6) is 0 Å². The second-order valence-corrected chi connectivity index (χ2v) is 7.11. The topological polar surface area (TPSA) is 48.0 Å². The fraction of sp³-hybridized carbons (Fsp3) is 0.167. The van der Waals surface area contributed by atoms with Gasteiger partial charge >= 0.3 is 0 Å². The van der Waals surface area contributed by atoms with E-state index in [0.29, 0.717) is 5.02 Å². The Balaban J connectivity index is 1.52. The molecule has 0 aliphatic heterocycles. The molecule has 1 aromatic carbocycles. The summed E-state index contributed by atoms with van der Waals surface area (Å²) >= 11 is 7.67. The number of rotatable bonds is 5. The zero-order valence-corrected chi connectivity index (χ0v) is 15.2. The van der Waals surface area contributed by atoms with Gasteiger partial charge < -0.3 is 8.97 Å². The number of imidazole rings is 1. The molecule has 126 valence electrons. The number of thioether (sulfide) groups is 1. The smallest absolute Gasteiger partial charge is 0.191 e. The number of aryl methyl sites for hydroxylation is 1. The summed E-state index contributed by atoms with van der Waals surface area (Å²) in [4.78, 5) is 4.62. The van der Waals surface area contributed by atoms with Gasteiger partial charge in [0.25, 0.3) is 0 Å². The van der Waals surface area contributed by atoms with Crippen molar-refractivity contribution < 1.29 is 0 Å². The Morgan fingerprint density at radius 1 is 1.04 bits per heavy atom. The summed E-state index contributed by atoms with van der Waals surface area (Å²) in [7, 11) is 0. The predicted octanol–water partition coefficient (Wildman–Crippen LogP) is 4.23. The van der Waals surface area contributed by atoms with Crippen LogP contribution >= 0.6 is 23.4 Å². The van der Waals surface area contributed by atoms with E-state index in [0.717, 1.165) is 34.6 Å². The van der Waals surface area contributed by atoms with Gasteiger partial charge in [0.2, 0.25) is 0 Å². The van der Waals surface area contributed by atoms with E-state index in [2.05, 4.69) is 31.9 Å². The lowest BCUT2D eigenvalue weighted by Crippen LogP contribution is -2.03. The highest BCUT2D eigenvalue weighted by Crippen LogP contribution is 2.23. The average Bonchev–Trinajstić information content (AvgIpc) is 3.17. The molecule has 5 nitrogen and oxygen atoms in total. The summed E-state index contributed by atoms with van der Waals surface area (Å²) in [6.07, 6.45) is 3.86. The predicted molar refractivity (Wildman–Crippen MR) is 100 cm³/mol. The third kappa shape index (κ3) is 3.55. The summed E-state index contributed by atoms with van der Waals surface area (Å²) in [6, 6.07) is 14.1.